The van der Waals surface area contributed by atoms with Crippen molar-refractivity contribution in [1.29, 1.82) is 0 Å². The summed E-state index contributed by atoms with van der Waals surface area (Å²) in [6.07, 6.45) is 1.45. The van der Waals surface area contributed by atoms with Gasteiger partial charge in [0, 0.05) is 5.56 Å². The number of urea groups is 1. The normalized spacial score (nSPS) is 16.1. The van der Waals surface area contributed by atoms with Gasteiger partial charge >= 0.3 is 6.03 Å². The second-order valence-electron chi connectivity index (χ2n) is 5.02. The van der Waals surface area contributed by atoms with Gasteiger partial charge in [-0.1, -0.05) is 30.3 Å². The fourth-order valence-corrected chi connectivity index (χ4v) is 2.24. The lowest BCUT2D eigenvalue weighted by Gasteiger charge is -2.12. The fraction of sp³-hybridized carbons (Fsp3) is 0.0588. The summed E-state index contributed by atoms with van der Waals surface area (Å²) in [5, 5.41) is 2.44. The molecule has 2 aromatic carbocycles. The topological polar surface area (TPSA) is 49.4 Å². The van der Waals surface area contributed by atoms with Crippen LogP contribution in [-0.2, 0) is 11.3 Å². The molecule has 0 atom stereocenters. The first kappa shape index (κ1) is 14.9. The van der Waals surface area contributed by atoms with Gasteiger partial charge in [0.05, 0.1) is 6.54 Å². The molecule has 1 saturated heterocycles. The number of hydrogen-bond acceptors (Lipinski definition) is 2. The van der Waals surface area contributed by atoms with Crippen molar-refractivity contribution in [3.05, 3.63) is 77.0 Å². The first-order valence-corrected chi connectivity index (χ1v) is 6.88. The van der Waals surface area contributed by atoms with Crippen molar-refractivity contribution in [3.63, 3.8) is 0 Å². The third-order valence-electron chi connectivity index (χ3n) is 3.43. The van der Waals surface area contributed by atoms with E-state index < -0.39 is 23.6 Å². The number of nitrogens with one attached hydrogen (secondary N) is 1. The molecule has 1 fully saturated rings. The minimum Gasteiger partial charge on any atom is -0.303 e. The summed E-state index contributed by atoms with van der Waals surface area (Å²) in [5.74, 6) is -1.43. The van der Waals surface area contributed by atoms with Crippen LogP contribution in [0.4, 0.5) is 13.6 Å². The Hall–Kier alpha value is -3.02. The number of nitrogens with zero attached hydrogens (tertiary/aromatic N) is 1. The minimum absolute atomic E-state index is 0.0675. The zero-order valence-corrected chi connectivity index (χ0v) is 11.9. The number of imide groups is 1. The number of hydrogen-bond donors (Lipinski definition) is 1. The average molecular weight is 314 g/mol. The lowest BCUT2D eigenvalue weighted by atomic mass is 10.2. The maximum absolute atomic E-state index is 13.7. The molecule has 0 aliphatic carbocycles. The molecule has 1 heterocycles. The number of rotatable bonds is 3. The Morgan fingerprint density at radius 3 is 2.39 bits per heavy atom. The molecule has 3 rings (SSSR count). The van der Waals surface area contributed by atoms with Crippen LogP contribution < -0.4 is 5.32 Å². The summed E-state index contributed by atoms with van der Waals surface area (Å²) < 4.78 is 26.5. The molecule has 6 heteroatoms. The van der Waals surface area contributed by atoms with Gasteiger partial charge in [-0.25, -0.2) is 13.6 Å². The number of carbonyl (C=O) groups is 2. The van der Waals surface area contributed by atoms with Crippen molar-refractivity contribution in [2.75, 3.05) is 0 Å². The molecule has 0 bridgehead atoms. The van der Waals surface area contributed by atoms with Crippen molar-refractivity contribution in [1.82, 2.24) is 10.2 Å². The molecule has 4 nitrogen and oxygen atoms in total. The highest BCUT2D eigenvalue weighted by Crippen LogP contribution is 2.18. The number of benzene rings is 2. The maximum Gasteiger partial charge on any atom is 0.329 e. The summed E-state index contributed by atoms with van der Waals surface area (Å²) in [6.45, 7) is -0.155. The summed E-state index contributed by atoms with van der Waals surface area (Å²) in [5.41, 5.74) is 0.889. The van der Waals surface area contributed by atoms with E-state index in [9.17, 15) is 18.4 Å². The van der Waals surface area contributed by atoms with Crippen LogP contribution in [-0.4, -0.2) is 16.8 Å². The molecule has 116 valence electrons. The van der Waals surface area contributed by atoms with Crippen molar-refractivity contribution >= 4 is 18.0 Å². The largest absolute Gasteiger partial charge is 0.329 e. The van der Waals surface area contributed by atoms with Crippen molar-refractivity contribution in [3.8, 4) is 0 Å². The maximum atomic E-state index is 13.7. The fourth-order valence-electron chi connectivity index (χ4n) is 2.24. The average Bonchev–Trinajstić information content (AvgIpc) is 2.79. The van der Waals surface area contributed by atoms with E-state index in [1.165, 1.54) is 48.5 Å². The lowest BCUT2D eigenvalue weighted by molar-refractivity contribution is -0.123. The van der Waals surface area contributed by atoms with Crippen LogP contribution in [0.3, 0.4) is 0 Å². The van der Waals surface area contributed by atoms with Crippen molar-refractivity contribution in [2.45, 2.75) is 6.54 Å². The molecule has 1 aliphatic rings. The minimum atomic E-state index is -0.619. The third-order valence-corrected chi connectivity index (χ3v) is 3.43. The zero-order valence-electron chi connectivity index (χ0n) is 11.9. The molecule has 0 spiro atoms. The van der Waals surface area contributed by atoms with Gasteiger partial charge in [-0.05, 0) is 29.8 Å². The van der Waals surface area contributed by atoms with E-state index in [1.807, 2.05) is 0 Å². The van der Waals surface area contributed by atoms with Crippen molar-refractivity contribution < 1.29 is 18.4 Å². The van der Waals surface area contributed by atoms with Crippen molar-refractivity contribution in [2.24, 2.45) is 0 Å². The summed E-state index contributed by atoms with van der Waals surface area (Å²) in [6, 6.07) is 10.8. The van der Waals surface area contributed by atoms with E-state index in [-0.39, 0.29) is 17.8 Å². The molecule has 2 aromatic rings. The molecule has 1 N–H and O–H groups in total. The zero-order chi connectivity index (χ0) is 16.4. The van der Waals surface area contributed by atoms with Crippen LogP contribution >= 0.6 is 0 Å². The second kappa shape index (κ2) is 6.00. The summed E-state index contributed by atoms with van der Waals surface area (Å²) in [4.78, 5) is 25.1. The standard InChI is InChI=1S/C17H12F2N2O2/c18-13-7-5-11(6-8-13)9-15-16(22)21(17(23)20-15)10-12-3-1-2-4-14(12)19/h1-9H,10H2,(H,20,23). The SMILES string of the molecule is O=C1NC(=Cc2ccc(F)cc2)C(=O)N1Cc1ccccc1F. The Morgan fingerprint density at radius 2 is 1.70 bits per heavy atom. The number of amides is 3. The monoisotopic (exact) mass is 314 g/mol. The summed E-state index contributed by atoms with van der Waals surface area (Å²) >= 11 is 0. The van der Waals surface area contributed by atoms with Crippen LogP contribution in [0.2, 0.25) is 0 Å². The summed E-state index contributed by atoms with van der Waals surface area (Å²) in [7, 11) is 0. The first-order valence-electron chi connectivity index (χ1n) is 6.88. The molecular formula is C17H12F2N2O2. The third kappa shape index (κ3) is 3.11. The quantitative estimate of drug-likeness (QED) is 0.699. The predicted molar refractivity (Wildman–Crippen MR) is 79.9 cm³/mol. The van der Waals surface area contributed by atoms with E-state index in [0.29, 0.717) is 5.56 Å². The second-order valence-corrected chi connectivity index (χ2v) is 5.02. The highest BCUT2D eigenvalue weighted by molar-refractivity contribution is 6.13. The Labute approximate surface area is 131 Å². The van der Waals surface area contributed by atoms with E-state index >= 15 is 0 Å². The van der Waals surface area contributed by atoms with Gasteiger partial charge < -0.3 is 5.32 Å². The molecule has 0 radical (unpaired) electrons. The van der Waals surface area contributed by atoms with Crippen LogP contribution in [0.5, 0.6) is 0 Å². The van der Waals surface area contributed by atoms with Crippen LogP contribution in [0, 0.1) is 11.6 Å². The van der Waals surface area contributed by atoms with E-state index in [2.05, 4.69) is 5.32 Å². The first-order chi connectivity index (χ1) is 11.0. The van der Waals surface area contributed by atoms with Gasteiger partial charge in [-0.15, -0.1) is 0 Å². The van der Waals surface area contributed by atoms with Gasteiger partial charge in [-0.2, -0.15) is 0 Å². The molecule has 1 aliphatic heterocycles. The highest BCUT2D eigenvalue weighted by Gasteiger charge is 2.33. The number of carbonyl (C=O) groups excluding carboxylic acids is 2. The number of halogens is 2. The van der Waals surface area contributed by atoms with E-state index in [0.717, 1.165) is 4.90 Å². The van der Waals surface area contributed by atoms with Crippen LogP contribution in [0.15, 0.2) is 54.2 Å². The Kier molecular flexibility index (Phi) is 3.89. The van der Waals surface area contributed by atoms with Crippen LogP contribution in [0.1, 0.15) is 11.1 Å². The van der Waals surface area contributed by atoms with Crippen LogP contribution in [0.25, 0.3) is 6.08 Å². The smallest absolute Gasteiger partial charge is 0.303 e. The van der Waals surface area contributed by atoms with Gasteiger partial charge in [0.25, 0.3) is 5.91 Å². The Balaban J connectivity index is 1.82. The molecule has 3 amide bonds. The van der Waals surface area contributed by atoms with E-state index in [4.69, 9.17) is 0 Å². The highest BCUT2D eigenvalue weighted by atomic mass is 19.1. The van der Waals surface area contributed by atoms with Gasteiger partial charge in [0.1, 0.15) is 17.3 Å². The lowest BCUT2D eigenvalue weighted by Crippen LogP contribution is -2.30. The molecule has 0 unspecified atom stereocenters. The molecule has 23 heavy (non-hydrogen) atoms. The van der Waals surface area contributed by atoms with Gasteiger partial charge in [-0.3, -0.25) is 9.69 Å². The Morgan fingerprint density at radius 1 is 1.00 bits per heavy atom. The molecule has 0 aromatic heterocycles. The van der Waals surface area contributed by atoms with Gasteiger partial charge in [0.15, 0.2) is 0 Å². The Bertz CT molecular complexity index is 800. The molecule has 0 saturated carbocycles. The van der Waals surface area contributed by atoms with Gasteiger partial charge in [0.2, 0.25) is 0 Å². The predicted octanol–water partition coefficient (Wildman–Crippen LogP) is 3.06. The van der Waals surface area contributed by atoms with E-state index in [1.54, 1.807) is 6.07 Å². The molecular weight excluding hydrogens is 302 g/mol.